The minimum absolute atomic E-state index is 0.0462. The summed E-state index contributed by atoms with van der Waals surface area (Å²) in [4.78, 5) is 27.1. The monoisotopic (exact) mass is 494 g/mol. The third-order valence-corrected chi connectivity index (χ3v) is 6.10. The van der Waals surface area contributed by atoms with E-state index in [1.165, 1.54) is 16.7 Å². The number of nitrogens with one attached hydrogen (secondary N) is 1. The maximum atomic E-state index is 13.6. The minimum atomic E-state index is -4.52. The number of hydrogen-bond donors (Lipinski definition) is 2. The number of hydrogen-bond acceptors (Lipinski definition) is 4. The number of aromatic nitrogens is 1. The first-order chi connectivity index (χ1) is 17.1. The number of halogens is 3. The van der Waals surface area contributed by atoms with Crippen molar-refractivity contribution in [2.24, 2.45) is 0 Å². The fraction of sp³-hybridized carbons (Fsp3) is 0.185. The predicted molar refractivity (Wildman–Crippen MR) is 128 cm³/mol. The minimum Gasteiger partial charge on any atom is -0.508 e. The summed E-state index contributed by atoms with van der Waals surface area (Å²) in [5.74, 6) is -0.269. The first-order valence-corrected chi connectivity index (χ1v) is 11.2. The van der Waals surface area contributed by atoms with Crippen LogP contribution in [-0.4, -0.2) is 22.2 Å². The van der Waals surface area contributed by atoms with E-state index in [2.05, 4.69) is 5.32 Å². The van der Waals surface area contributed by atoms with Crippen molar-refractivity contribution in [2.75, 3.05) is 6.61 Å². The maximum Gasteiger partial charge on any atom is 0.416 e. The van der Waals surface area contributed by atoms with Gasteiger partial charge in [-0.3, -0.25) is 9.59 Å². The summed E-state index contributed by atoms with van der Waals surface area (Å²) in [7, 11) is 0. The van der Waals surface area contributed by atoms with Gasteiger partial charge in [0.1, 0.15) is 23.7 Å². The number of carbonyl (C=O) groups is 1. The molecule has 2 N–H and O–H groups in total. The van der Waals surface area contributed by atoms with Crippen LogP contribution in [0, 0.1) is 6.92 Å². The molecule has 0 saturated heterocycles. The number of aryl methyl sites for hydroxylation is 1. The Bertz CT molecular complexity index is 1570. The zero-order valence-electron chi connectivity index (χ0n) is 19.1. The molecule has 3 aromatic carbocycles. The number of amides is 1. The first kappa shape index (κ1) is 23.5. The molecule has 6 nitrogen and oxygen atoms in total. The summed E-state index contributed by atoms with van der Waals surface area (Å²) in [6, 6.07) is 15.0. The molecule has 5 rings (SSSR count). The van der Waals surface area contributed by atoms with Crippen LogP contribution < -0.4 is 15.6 Å². The lowest BCUT2D eigenvalue weighted by molar-refractivity contribution is -0.137. The van der Waals surface area contributed by atoms with E-state index in [9.17, 15) is 27.9 Å². The molecule has 0 aliphatic carbocycles. The highest BCUT2D eigenvalue weighted by Crippen LogP contribution is 2.37. The van der Waals surface area contributed by atoms with E-state index in [4.69, 9.17) is 4.74 Å². The summed E-state index contributed by atoms with van der Waals surface area (Å²) in [5, 5.41) is 13.3. The van der Waals surface area contributed by atoms with Crippen LogP contribution in [0.3, 0.4) is 0 Å². The summed E-state index contributed by atoms with van der Waals surface area (Å²) in [5.41, 5.74) is 0.441. The van der Waals surface area contributed by atoms with E-state index >= 15 is 0 Å². The van der Waals surface area contributed by atoms with Gasteiger partial charge in [0.25, 0.3) is 11.5 Å². The van der Waals surface area contributed by atoms with E-state index < -0.39 is 23.2 Å². The molecule has 0 atom stereocenters. The second-order valence-corrected chi connectivity index (χ2v) is 8.65. The molecule has 184 valence electrons. The van der Waals surface area contributed by atoms with Crippen molar-refractivity contribution < 1.29 is 27.8 Å². The number of rotatable bonds is 4. The van der Waals surface area contributed by atoms with Gasteiger partial charge in [-0.05, 0) is 48.4 Å². The third-order valence-electron chi connectivity index (χ3n) is 6.10. The average Bonchev–Trinajstić information content (AvgIpc) is 2.83. The highest BCUT2D eigenvalue weighted by Gasteiger charge is 2.31. The quantitative estimate of drug-likeness (QED) is 0.417. The van der Waals surface area contributed by atoms with Crippen molar-refractivity contribution in [2.45, 2.75) is 26.2 Å². The van der Waals surface area contributed by atoms with Gasteiger partial charge in [-0.15, -0.1) is 0 Å². The van der Waals surface area contributed by atoms with Crippen LogP contribution in [-0.2, 0) is 19.3 Å². The van der Waals surface area contributed by atoms with Gasteiger partial charge in [-0.1, -0.05) is 35.9 Å². The van der Waals surface area contributed by atoms with Crippen LogP contribution in [0.4, 0.5) is 13.2 Å². The van der Waals surface area contributed by atoms with Crippen LogP contribution in [0.5, 0.6) is 11.5 Å². The van der Waals surface area contributed by atoms with Crippen LogP contribution >= 0.6 is 0 Å². The van der Waals surface area contributed by atoms with Crippen molar-refractivity contribution in [1.82, 2.24) is 9.88 Å². The number of nitrogens with zero attached hydrogens (tertiary/aromatic N) is 1. The van der Waals surface area contributed by atoms with Crippen molar-refractivity contribution in [3.05, 3.63) is 93.3 Å². The number of carbonyl (C=O) groups excluding carboxylic acids is 1. The van der Waals surface area contributed by atoms with E-state index in [1.54, 1.807) is 43.3 Å². The molecule has 1 amide bonds. The number of benzene rings is 3. The van der Waals surface area contributed by atoms with Crippen molar-refractivity contribution in [1.29, 1.82) is 0 Å². The summed E-state index contributed by atoms with van der Waals surface area (Å²) in [6.45, 7) is 1.83. The van der Waals surface area contributed by atoms with Crippen LogP contribution in [0.25, 0.3) is 22.0 Å². The Labute approximate surface area is 203 Å². The lowest BCUT2D eigenvalue weighted by Gasteiger charge is -2.23. The van der Waals surface area contributed by atoms with Crippen LogP contribution in [0.1, 0.15) is 27.0 Å². The number of phenols is 1. The third kappa shape index (κ3) is 4.17. The van der Waals surface area contributed by atoms with Crippen LogP contribution in [0.15, 0.2) is 65.5 Å². The zero-order valence-corrected chi connectivity index (χ0v) is 19.1. The highest BCUT2D eigenvalue weighted by molar-refractivity contribution is 6.10. The molecule has 1 aliphatic heterocycles. The summed E-state index contributed by atoms with van der Waals surface area (Å²) < 4.78 is 46.9. The lowest BCUT2D eigenvalue weighted by Crippen LogP contribution is -2.36. The van der Waals surface area contributed by atoms with Gasteiger partial charge in [0.2, 0.25) is 0 Å². The largest absolute Gasteiger partial charge is 0.508 e. The molecule has 0 saturated carbocycles. The van der Waals surface area contributed by atoms with E-state index in [1.807, 2.05) is 0 Å². The molecule has 0 unspecified atom stereocenters. The summed E-state index contributed by atoms with van der Waals surface area (Å²) in [6.07, 6.45) is -4.52. The number of ether oxygens (including phenoxy) is 1. The van der Waals surface area contributed by atoms with Gasteiger partial charge in [-0.2, -0.15) is 13.2 Å². The molecule has 2 heterocycles. The summed E-state index contributed by atoms with van der Waals surface area (Å²) >= 11 is 0. The Balaban J connectivity index is 1.64. The fourth-order valence-electron chi connectivity index (χ4n) is 4.63. The highest BCUT2D eigenvalue weighted by atomic mass is 19.4. The first-order valence-electron chi connectivity index (χ1n) is 11.2. The molecule has 0 spiro atoms. The van der Waals surface area contributed by atoms with Crippen LogP contribution in [0.2, 0.25) is 0 Å². The topological polar surface area (TPSA) is 80.6 Å². The molecule has 1 aliphatic rings. The van der Waals surface area contributed by atoms with Crippen molar-refractivity contribution >= 4 is 16.8 Å². The fourth-order valence-corrected chi connectivity index (χ4v) is 4.63. The SMILES string of the molecule is Cc1cc(CNC(=O)c2c(-c3cccc(O)c3)c3cccc4c3n(c2=O)CCO4)cc(C(F)(F)F)c1. The van der Waals surface area contributed by atoms with Gasteiger partial charge >= 0.3 is 6.18 Å². The van der Waals surface area contributed by atoms with Crippen molar-refractivity contribution in [3.8, 4) is 22.6 Å². The second kappa shape index (κ2) is 8.75. The number of para-hydroxylation sites is 1. The number of aromatic hydroxyl groups is 1. The van der Waals surface area contributed by atoms with Gasteiger partial charge in [0.05, 0.1) is 17.6 Å². The van der Waals surface area contributed by atoms with Gasteiger partial charge < -0.3 is 19.7 Å². The molecule has 0 radical (unpaired) electrons. The Morgan fingerprint density at radius 1 is 1.11 bits per heavy atom. The normalized spacial score (nSPS) is 12.9. The smallest absolute Gasteiger partial charge is 0.416 e. The predicted octanol–water partition coefficient (Wildman–Crippen LogP) is 5.02. The van der Waals surface area contributed by atoms with Gasteiger partial charge in [0, 0.05) is 17.5 Å². The van der Waals surface area contributed by atoms with Gasteiger partial charge in [-0.25, -0.2) is 0 Å². The van der Waals surface area contributed by atoms with Crippen molar-refractivity contribution in [3.63, 3.8) is 0 Å². The molecular formula is C27H21F3N2O4. The second-order valence-electron chi connectivity index (χ2n) is 8.65. The molecule has 4 aromatic rings. The van der Waals surface area contributed by atoms with Gasteiger partial charge in [0.15, 0.2) is 0 Å². The number of alkyl halides is 3. The standard InChI is InChI=1S/C27H21F3N2O4/c1-15-10-16(12-18(11-15)27(28,29)30)14-31-25(34)23-22(17-4-2-5-19(33)13-17)20-6-3-7-21-24(20)32(26(23)35)8-9-36-21/h2-7,10-13,33H,8-9,14H2,1H3,(H,31,34). The molecule has 0 fully saturated rings. The lowest BCUT2D eigenvalue weighted by atomic mass is 9.94. The van der Waals surface area contributed by atoms with E-state index in [-0.39, 0.29) is 36.6 Å². The van der Waals surface area contributed by atoms with E-state index in [0.29, 0.717) is 33.3 Å². The Morgan fingerprint density at radius 2 is 1.89 bits per heavy atom. The average molecular weight is 494 g/mol. The van der Waals surface area contributed by atoms with E-state index in [0.717, 1.165) is 12.1 Å². The molecule has 0 bridgehead atoms. The number of phenolic OH excluding ortho intramolecular Hbond substituents is 1. The zero-order chi connectivity index (χ0) is 25.6. The maximum absolute atomic E-state index is 13.6. The molecule has 9 heteroatoms. The molecule has 36 heavy (non-hydrogen) atoms. The Hall–Kier alpha value is -4.27. The Kier molecular flexibility index (Phi) is 5.70. The Morgan fingerprint density at radius 3 is 2.64 bits per heavy atom. The number of pyridine rings is 1. The molecular weight excluding hydrogens is 473 g/mol. The molecule has 1 aromatic heterocycles.